The van der Waals surface area contributed by atoms with E-state index in [-0.39, 0.29) is 17.3 Å². The minimum absolute atomic E-state index is 0.0389. The van der Waals surface area contributed by atoms with Crippen molar-refractivity contribution in [1.82, 2.24) is 0 Å². The zero-order valence-electron chi connectivity index (χ0n) is 14.0. The molecule has 0 radical (unpaired) electrons. The Morgan fingerprint density at radius 1 is 0.880 bits per heavy atom. The molecule has 0 bridgehead atoms. The first-order valence-electron chi connectivity index (χ1n) is 8.50. The van der Waals surface area contributed by atoms with Crippen molar-refractivity contribution >= 4 is 17.3 Å². The number of Topliss-reactive ketones (excluding diaryl/α,β-unsaturated/α-hetero) is 3. The van der Waals surface area contributed by atoms with E-state index < -0.39 is 11.8 Å². The van der Waals surface area contributed by atoms with Gasteiger partial charge in [-0.1, -0.05) is 67.2 Å². The Bertz CT molecular complexity index is 754. The average molecular weight is 332 g/mol. The van der Waals surface area contributed by atoms with E-state index in [0.29, 0.717) is 36.0 Å². The fourth-order valence-corrected chi connectivity index (χ4v) is 3.44. The van der Waals surface area contributed by atoms with Gasteiger partial charge in [0.15, 0.2) is 17.3 Å². The second-order valence-electron chi connectivity index (χ2n) is 6.39. The second kappa shape index (κ2) is 7.39. The molecule has 1 aliphatic carbocycles. The summed E-state index contributed by atoms with van der Waals surface area (Å²) < 4.78 is 0. The van der Waals surface area contributed by atoms with Crippen LogP contribution < -0.4 is 0 Å². The summed E-state index contributed by atoms with van der Waals surface area (Å²) in [6.07, 6.45) is 1.76. The van der Waals surface area contributed by atoms with E-state index in [2.05, 4.69) is 6.58 Å². The van der Waals surface area contributed by atoms with Crippen molar-refractivity contribution in [2.24, 2.45) is 11.8 Å². The van der Waals surface area contributed by atoms with Gasteiger partial charge >= 0.3 is 0 Å². The van der Waals surface area contributed by atoms with Gasteiger partial charge in [0.2, 0.25) is 0 Å². The third-order valence-electron chi connectivity index (χ3n) is 4.81. The summed E-state index contributed by atoms with van der Waals surface area (Å²) >= 11 is 0. The summed E-state index contributed by atoms with van der Waals surface area (Å²) in [5, 5.41) is 0. The molecule has 2 aromatic carbocycles. The normalized spacial score (nSPS) is 17.6. The Balaban J connectivity index is 2.02. The van der Waals surface area contributed by atoms with E-state index in [1.807, 2.05) is 12.1 Å². The summed E-state index contributed by atoms with van der Waals surface area (Å²) in [6, 6.07) is 17.6. The number of carbonyl (C=O) groups is 3. The van der Waals surface area contributed by atoms with E-state index in [9.17, 15) is 14.4 Å². The highest BCUT2D eigenvalue weighted by Gasteiger charge is 2.40. The van der Waals surface area contributed by atoms with Crippen LogP contribution in [-0.2, 0) is 4.79 Å². The van der Waals surface area contributed by atoms with Gasteiger partial charge in [-0.05, 0) is 18.4 Å². The van der Waals surface area contributed by atoms with Gasteiger partial charge in [0, 0.05) is 23.5 Å². The molecule has 2 aromatic rings. The predicted molar refractivity (Wildman–Crippen MR) is 96.5 cm³/mol. The Hall–Kier alpha value is -2.81. The summed E-state index contributed by atoms with van der Waals surface area (Å²) in [4.78, 5) is 38.4. The zero-order chi connectivity index (χ0) is 17.8. The topological polar surface area (TPSA) is 51.2 Å². The largest absolute Gasteiger partial charge is 0.295 e. The van der Waals surface area contributed by atoms with E-state index in [1.165, 1.54) is 0 Å². The molecule has 1 atom stereocenters. The van der Waals surface area contributed by atoms with Crippen LogP contribution in [0.15, 0.2) is 72.8 Å². The number of hydrogen-bond donors (Lipinski definition) is 0. The lowest BCUT2D eigenvalue weighted by Gasteiger charge is -2.29. The number of allylic oxidation sites excluding steroid dienone is 1. The van der Waals surface area contributed by atoms with E-state index >= 15 is 0 Å². The number of ketones is 3. The van der Waals surface area contributed by atoms with Crippen molar-refractivity contribution in [2.75, 3.05) is 0 Å². The first-order chi connectivity index (χ1) is 12.1. The maximum Gasteiger partial charge on any atom is 0.174 e. The predicted octanol–water partition coefficient (Wildman–Crippen LogP) is 4.29. The molecule has 126 valence electrons. The van der Waals surface area contributed by atoms with Crippen molar-refractivity contribution in [1.29, 1.82) is 0 Å². The van der Waals surface area contributed by atoms with Crippen LogP contribution in [0.2, 0.25) is 0 Å². The fraction of sp³-hybridized carbons (Fsp3) is 0.227. The Morgan fingerprint density at radius 3 is 1.84 bits per heavy atom. The van der Waals surface area contributed by atoms with Crippen LogP contribution in [0, 0.1) is 11.8 Å². The number of carbonyl (C=O) groups excluding carboxylic acids is 3. The molecule has 1 unspecified atom stereocenters. The first-order valence-corrected chi connectivity index (χ1v) is 8.50. The van der Waals surface area contributed by atoms with Crippen molar-refractivity contribution in [3.63, 3.8) is 0 Å². The Morgan fingerprint density at radius 2 is 1.36 bits per heavy atom. The summed E-state index contributed by atoms with van der Waals surface area (Å²) in [7, 11) is 0. The third-order valence-corrected chi connectivity index (χ3v) is 4.81. The lowest BCUT2D eigenvalue weighted by Crippen LogP contribution is -2.36. The van der Waals surface area contributed by atoms with E-state index in [4.69, 9.17) is 0 Å². The van der Waals surface area contributed by atoms with Crippen LogP contribution in [0.4, 0.5) is 0 Å². The maximum atomic E-state index is 13.1. The SMILES string of the molecule is C=C1C(=O)CCCC1C(C(=O)c1ccccc1)C(=O)c1ccccc1. The van der Waals surface area contributed by atoms with Gasteiger partial charge in [-0.2, -0.15) is 0 Å². The standard InChI is InChI=1S/C22H20O3/c1-15-18(13-8-14-19(15)23)20(21(24)16-9-4-2-5-10-16)22(25)17-11-6-3-7-12-17/h2-7,9-12,18,20H,1,8,13-14H2. The lowest BCUT2D eigenvalue weighted by atomic mass is 9.71. The Kier molecular flexibility index (Phi) is 5.03. The molecule has 25 heavy (non-hydrogen) atoms. The van der Waals surface area contributed by atoms with Gasteiger partial charge in [-0.3, -0.25) is 14.4 Å². The molecule has 0 spiro atoms. The van der Waals surface area contributed by atoms with Crippen molar-refractivity contribution in [3.8, 4) is 0 Å². The van der Waals surface area contributed by atoms with Gasteiger partial charge in [0.05, 0.1) is 5.92 Å². The molecule has 0 heterocycles. The Labute approximate surface area is 147 Å². The van der Waals surface area contributed by atoms with Crippen LogP contribution in [0.3, 0.4) is 0 Å². The zero-order valence-corrected chi connectivity index (χ0v) is 14.0. The average Bonchev–Trinajstić information content (AvgIpc) is 2.66. The monoisotopic (exact) mass is 332 g/mol. The molecule has 1 aliphatic rings. The van der Waals surface area contributed by atoms with Gasteiger partial charge in [0.25, 0.3) is 0 Å². The molecule has 1 fully saturated rings. The van der Waals surface area contributed by atoms with Crippen LogP contribution in [0.5, 0.6) is 0 Å². The molecular weight excluding hydrogens is 312 g/mol. The van der Waals surface area contributed by atoms with Gasteiger partial charge in [-0.15, -0.1) is 0 Å². The highest BCUT2D eigenvalue weighted by Crippen LogP contribution is 2.35. The highest BCUT2D eigenvalue weighted by molar-refractivity contribution is 6.17. The molecule has 3 rings (SSSR count). The third kappa shape index (κ3) is 3.50. The van der Waals surface area contributed by atoms with Gasteiger partial charge in [0.1, 0.15) is 0 Å². The summed E-state index contributed by atoms with van der Waals surface area (Å²) in [6.45, 7) is 3.90. The molecular formula is C22H20O3. The van der Waals surface area contributed by atoms with E-state index in [1.54, 1.807) is 48.5 Å². The number of rotatable bonds is 5. The summed E-state index contributed by atoms with van der Waals surface area (Å²) in [5.41, 5.74) is 1.38. The molecule has 0 aliphatic heterocycles. The molecule has 0 saturated heterocycles. The highest BCUT2D eigenvalue weighted by atomic mass is 16.2. The van der Waals surface area contributed by atoms with Crippen molar-refractivity contribution in [2.45, 2.75) is 19.3 Å². The van der Waals surface area contributed by atoms with Crippen molar-refractivity contribution in [3.05, 3.63) is 83.9 Å². The molecule has 0 aromatic heterocycles. The number of hydrogen-bond acceptors (Lipinski definition) is 3. The minimum atomic E-state index is -0.901. The molecule has 0 amide bonds. The van der Waals surface area contributed by atoms with Crippen LogP contribution >= 0.6 is 0 Å². The fourth-order valence-electron chi connectivity index (χ4n) is 3.44. The molecule has 0 N–H and O–H groups in total. The van der Waals surface area contributed by atoms with E-state index in [0.717, 1.165) is 0 Å². The smallest absolute Gasteiger partial charge is 0.174 e. The van der Waals surface area contributed by atoms with Crippen molar-refractivity contribution < 1.29 is 14.4 Å². The van der Waals surface area contributed by atoms with Crippen LogP contribution in [0.1, 0.15) is 40.0 Å². The second-order valence-corrected chi connectivity index (χ2v) is 6.39. The maximum absolute atomic E-state index is 13.1. The minimum Gasteiger partial charge on any atom is -0.295 e. The first kappa shape index (κ1) is 17.0. The summed E-state index contributed by atoms with van der Waals surface area (Å²) in [5.74, 6) is -1.85. The van der Waals surface area contributed by atoms with Crippen LogP contribution in [-0.4, -0.2) is 17.3 Å². The lowest BCUT2D eigenvalue weighted by molar-refractivity contribution is -0.117. The molecule has 3 nitrogen and oxygen atoms in total. The quantitative estimate of drug-likeness (QED) is 0.466. The van der Waals surface area contributed by atoms with Gasteiger partial charge < -0.3 is 0 Å². The number of benzene rings is 2. The molecule has 3 heteroatoms. The van der Waals surface area contributed by atoms with Crippen LogP contribution in [0.25, 0.3) is 0 Å². The van der Waals surface area contributed by atoms with Gasteiger partial charge in [-0.25, -0.2) is 0 Å². The molecule has 1 saturated carbocycles.